The van der Waals surface area contributed by atoms with Crippen LogP contribution in [-0.2, 0) is 4.79 Å². The van der Waals surface area contributed by atoms with Crippen LogP contribution in [0.1, 0.15) is 44.9 Å². The van der Waals surface area contributed by atoms with Crippen molar-refractivity contribution >= 4 is 18.3 Å². The summed E-state index contributed by atoms with van der Waals surface area (Å²) in [5, 5.41) is 2.94. The van der Waals surface area contributed by atoms with Gasteiger partial charge in [-0.2, -0.15) is 13.2 Å². The van der Waals surface area contributed by atoms with Crippen molar-refractivity contribution in [2.24, 2.45) is 29.4 Å². The van der Waals surface area contributed by atoms with Gasteiger partial charge in [0.05, 0.1) is 5.92 Å². The SMILES string of the molecule is Cl.NC[C@H]1CCC[C@H]1C(=O)NCC1CCC(C(F)(F)F)CC1. The zero-order valence-corrected chi connectivity index (χ0v) is 13.5. The number of halogens is 4. The fourth-order valence-corrected chi connectivity index (χ4v) is 3.73. The highest BCUT2D eigenvalue weighted by atomic mass is 35.5. The second-order valence-electron chi connectivity index (χ2n) is 6.54. The molecular weight excluding hydrogens is 317 g/mol. The summed E-state index contributed by atoms with van der Waals surface area (Å²) in [5.74, 6) is -0.653. The number of hydrogen-bond acceptors (Lipinski definition) is 2. The fraction of sp³-hybridized carbons (Fsp3) is 0.933. The molecule has 0 radical (unpaired) electrons. The summed E-state index contributed by atoms with van der Waals surface area (Å²) in [7, 11) is 0. The summed E-state index contributed by atoms with van der Waals surface area (Å²) in [5.41, 5.74) is 5.67. The Morgan fingerprint density at radius 3 is 2.27 bits per heavy atom. The van der Waals surface area contributed by atoms with E-state index in [1.54, 1.807) is 0 Å². The van der Waals surface area contributed by atoms with Crippen LogP contribution >= 0.6 is 12.4 Å². The normalized spacial score (nSPS) is 32.4. The zero-order chi connectivity index (χ0) is 15.5. The minimum atomic E-state index is -4.06. The van der Waals surface area contributed by atoms with E-state index in [4.69, 9.17) is 5.73 Å². The fourth-order valence-electron chi connectivity index (χ4n) is 3.73. The van der Waals surface area contributed by atoms with E-state index in [9.17, 15) is 18.0 Å². The molecule has 2 rings (SSSR count). The minimum Gasteiger partial charge on any atom is -0.356 e. The molecule has 0 unspecified atom stereocenters. The lowest BCUT2D eigenvalue weighted by molar-refractivity contribution is -0.183. The summed E-state index contributed by atoms with van der Waals surface area (Å²) in [6.45, 7) is 1.05. The number of amides is 1. The molecule has 2 fully saturated rings. The summed E-state index contributed by atoms with van der Waals surface area (Å²) in [6.07, 6.45) is 0.353. The lowest BCUT2D eigenvalue weighted by Gasteiger charge is -2.30. The molecule has 0 aliphatic heterocycles. The second-order valence-corrected chi connectivity index (χ2v) is 6.54. The van der Waals surface area contributed by atoms with Crippen LogP contribution in [0, 0.1) is 23.7 Å². The maximum absolute atomic E-state index is 12.6. The van der Waals surface area contributed by atoms with E-state index in [2.05, 4.69) is 5.32 Å². The highest BCUT2D eigenvalue weighted by Gasteiger charge is 2.41. The number of carbonyl (C=O) groups excluding carboxylic acids is 1. The molecule has 0 bridgehead atoms. The van der Waals surface area contributed by atoms with Crippen molar-refractivity contribution in [1.82, 2.24) is 5.32 Å². The van der Waals surface area contributed by atoms with Gasteiger partial charge in [-0.25, -0.2) is 0 Å². The zero-order valence-electron chi connectivity index (χ0n) is 12.7. The molecule has 3 N–H and O–H groups in total. The molecule has 0 saturated heterocycles. The van der Waals surface area contributed by atoms with Crippen molar-refractivity contribution in [2.45, 2.75) is 51.1 Å². The predicted molar refractivity (Wildman–Crippen MR) is 81.6 cm³/mol. The van der Waals surface area contributed by atoms with Gasteiger partial charge >= 0.3 is 6.18 Å². The lowest BCUT2D eigenvalue weighted by atomic mass is 9.81. The van der Waals surface area contributed by atoms with Gasteiger partial charge in [0.25, 0.3) is 0 Å². The summed E-state index contributed by atoms with van der Waals surface area (Å²) >= 11 is 0. The molecule has 0 aromatic carbocycles. The quantitative estimate of drug-likeness (QED) is 0.823. The first kappa shape index (κ1) is 19.6. The van der Waals surface area contributed by atoms with Crippen LogP contribution < -0.4 is 11.1 Å². The topological polar surface area (TPSA) is 55.1 Å². The van der Waals surface area contributed by atoms with E-state index in [1.807, 2.05) is 0 Å². The number of hydrogen-bond donors (Lipinski definition) is 2. The van der Waals surface area contributed by atoms with Crippen molar-refractivity contribution in [1.29, 1.82) is 0 Å². The largest absolute Gasteiger partial charge is 0.391 e. The molecule has 1 amide bonds. The summed E-state index contributed by atoms with van der Waals surface area (Å²) < 4.78 is 37.8. The molecule has 22 heavy (non-hydrogen) atoms. The van der Waals surface area contributed by atoms with E-state index < -0.39 is 12.1 Å². The van der Waals surface area contributed by atoms with Crippen molar-refractivity contribution in [2.75, 3.05) is 13.1 Å². The molecule has 130 valence electrons. The van der Waals surface area contributed by atoms with Crippen LogP contribution in [0.25, 0.3) is 0 Å². The molecule has 2 aliphatic carbocycles. The maximum atomic E-state index is 12.6. The summed E-state index contributed by atoms with van der Waals surface area (Å²) in [6, 6.07) is 0. The Labute approximate surface area is 136 Å². The Balaban J connectivity index is 0.00000242. The van der Waals surface area contributed by atoms with Crippen LogP contribution in [0.3, 0.4) is 0 Å². The van der Waals surface area contributed by atoms with Crippen LogP contribution in [-0.4, -0.2) is 25.2 Å². The van der Waals surface area contributed by atoms with E-state index in [0.717, 1.165) is 19.3 Å². The molecule has 3 nitrogen and oxygen atoms in total. The van der Waals surface area contributed by atoms with Crippen LogP contribution in [0.4, 0.5) is 13.2 Å². The highest BCUT2D eigenvalue weighted by molar-refractivity contribution is 5.85. The van der Waals surface area contributed by atoms with Crippen LogP contribution in [0.5, 0.6) is 0 Å². The summed E-state index contributed by atoms with van der Waals surface area (Å²) in [4.78, 5) is 12.1. The van der Waals surface area contributed by atoms with Crippen molar-refractivity contribution in [3.05, 3.63) is 0 Å². The van der Waals surface area contributed by atoms with Crippen molar-refractivity contribution in [3.8, 4) is 0 Å². The van der Waals surface area contributed by atoms with Gasteiger partial charge in [0.1, 0.15) is 0 Å². The Hall–Kier alpha value is -0.490. The smallest absolute Gasteiger partial charge is 0.356 e. The third kappa shape index (κ3) is 5.01. The van der Waals surface area contributed by atoms with Crippen molar-refractivity contribution < 1.29 is 18.0 Å². The molecule has 2 atom stereocenters. The third-order valence-electron chi connectivity index (χ3n) is 5.17. The molecular formula is C15H26ClF3N2O. The van der Waals surface area contributed by atoms with E-state index >= 15 is 0 Å². The first-order valence-corrected chi connectivity index (χ1v) is 7.96. The number of rotatable bonds is 4. The average Bonchev–Trinajstić information content (AvgIpc) is 2.92. The number of nitrogens with one attached hydrogen (secondary N) is 1. The van der Waals surface area contributed by atoms with Crippen molar-refractivity contribution in [3.63, 3.8) is 0 Å². The average molecular weight is 343 g/mol. The first-order chi connectivity index (χ1) is 9.91. The van der Waals surface area contributed by atoms with Crippen LogP contribution in [0.2, 0.25) is 0 Å². The molecule has 0 aromatic rings. The van der Waals surface area contributed by atoms with E-state index in [0.29, 0.717) is 25.9 Å². The molecule has 0 spiro atoms. The second kappa shape index (κ2) is 8.39. The van der Waals surface area contributed by atoms with Gasteiger partial charge in [0, 0.05) is 12.5 Å². The Morgan fingerprint density at radius 2 is 1.73 bits per heavy atom. The van der Waals surface area contributed by atoms with Gasteiger partial charge in [0.2, 0.25) is 5.91 Å². The van der Waals surface area contributed by atoms with Gasteiger partial charge in [0.15, 0.2) is 0 Å². The first-order valence-electron chi connectivity index (χ1n) is 7.96. The molecule has 0 heterocycles. The molecule has 2 aliphatic rings. The van der Waals surface area contributed by atoms with Gasteiger partial charge in [-0.05, 0) is 56.9 Å². The van der Waals surface area contributed by atoms with Gasteiger partial charge in [-0.1, -0.05) is 6.42 Å². The Morgan fingerprint density at radius 1 is 1.09 bits per heavy atom. The number of alkyl halides is 3. The Bertz CT molecular complexity index is 357. The van der Waals surface area contributed by atoms with E-state index in [1.165, 1.54) is 0 Å². The number of nitrogens with two attached hydrogens (primary N) is 1. The van der Waals surface area contributed by atoms with Gasteiger partial charge in [-0.3, -0.25) is 4.79 Å². The Kier molecular flexibility index (Phi) is 7.46. The monoisotopic (exact) mass is 342 g/mol. The van der Waals surface area contributed by atoms with E-state index in [-0.39, 0.29) is 48.9 Å². The lowest BCUT2D eigenvalue weighted by Crippen LogP contribution is -2.39. The maximum Gasteiger partial charge on any atom is 0.391 e. The highest BCUT2D eigenvalue weighted by Crippen LogP contribution is 2.39. The predicted octanol–water partition coefficient (Wildman–Crippen LogP) is 3.27. The number of carbonyl (C=O) groups is 1. The minimum absolute atomic E-state index is 0. The third-order valence-corrected chi connectivity index (χ3v) is 5.17. The standard InChI is InChI=1S/C15H25F3N2O.ClH/c16-15(17,18)12-6-4-10(5-7-12)9-20-14(21)13-3-1-2-11(13)8-19;/h10-13H,1-9,19H2,(H,20,21);1H/t10?,11-,12?,13-;/m1./s1. The van der Waals surface area contributed by atoms with Gasteiger partial charge in [-0.15, -0.1) is 12.4 Å². The molecule has 2 saturated carbocycles. The molecule has 7 heteroatoms. The van der Waals surface area contributed by atoms with Crippen LogP contribution in [0.15, 0.2) is 0 Å². The molecule has 0 aromatic heterocycles. The van der Waals surface area contributed by atoms with Gasteiger partial charge < -0.3 is 11.1 Å².